The molecule has 2 fully saturated rings. The topological polar surface area (TPSA) is 95.2 Å². The summed E-state index contributed by atoms with van der Waals surface area (Å²) in [6.07, 6.45) is 2.88. The number of hydrogen-bond donors (Lipinski definition) is 3. The smallest absolute Gasteiger partial charge is 0.323 e. The monoisotopic (exact) mass is 557 g/mol. The van der Waals surface area contributed by atoms with Crippen molar-refractivity contribution in [2.45, 2.75) is 32.3 Å². The second-order valence-electron chi connectivity index (χ2n) is 10.4. The number of carbonyl (C=O) groups is 2. The summed E-state index contributed by atoms with van der Waals surface area (Å²) in [6, 6.07) is 21.0. The van der Waals surface area contributed by atoms with E-state index in [-0.39, 0.29) is 18.0 Å². The van der Waals surface area contributed by atoms with Gasteiger partial charge in [-0.1, -0.05) is 31.2 Å². The van der Waals surface area contributed by atoms with Crippen LogP contribution >= 0.6 is 0 Å². The fraction of sp³-hybridized carbons (Fsp3) is 0.375. The lowest BCUT2D eigenvalue weighted by molar-refractivity contribution is 0.0858. The van der Waals surface area contributed by atoms with Crippen LogP contribution in [0.4, 0.5) is 27.5 Å². The molecule has 1 unspecified atom stereocenters. The standard InChI is InChI=1S/C32H39N5O4/c1-3-23-8-6-9-24(20-23)34-32(39)35-25-13-14-28(27(21-25)31(38)33-22-26-10-7-19-41-26)36-15-17-37(18-16-36)29-11-4-5-12-30(29)40-2/h4-6,8-9,11-14,20-21,26H,3,7,10,15-19,22H2,1-2H3,(H,33,38)(H2,34,35,39). The maximum absolute atomic E-state index is 13.5. The van der Waals surface area contributed by atoms with Gasteiger partial charge in [-0.05, 0) is 67.3 Å². The summed E-state index contributed by atoms with van der Waals surface area (Å²) in [5.41, 5.74) is 4.85. The third-order valence-electron chi connectivity index (χ3n) is 7.65. The summed E-state index contributed by atoms with van der Waals surface area (Å²) in [5, 5.41) is 8.84. The van der Waals surface area contributed by atoms with E-state index >= 15 is 0 Å². The molecule has 3 N–H and O–H groups in total. The van der Waals surface area contributed by atoms with Gasteiger partial charge in [0, 0.05) is 56.4 Å². The van der Waals surface area contributed by atoms with E-state index in [1.807, 2.05) is 54.6 Å². The molecule has 9 heteroatoms. The Morgan fingerprint density at radius 2 is 1.63 bits per heavy atom. The average Bonchev–Trinajstić information content (AvgIpc) is 3.54. The van der Waals surface area contributed by atoms with Crippen molar-refractivity contribution >= 4 is 34.7 Å². The molecule has 0 spiro atoms. The Bertz CT molecular complexity index is 1350. The molecule has 0 saturated carbocycles. The van der Waals surface area contributed by atoms with E-state index in [0.717, 1.165) is 80.4 Å². The molecule has 3 amide bonds. The van der Waals surface area contributed by atoms with E-state index in [0.29, 0.717) is 17.8 Å². The lowest BCUT2D eigenvalue weighted by Crippen LogP contribution is -2.47. The Balaban J connectivity index is 1.31. The van der Waals surface area contributed by atoms with Crippen LogP contribution in [0.1, 0.15) is 35.7 Å². The molecule has 1 atom stereocenters. The Kier molecular flexibility index (Phi) is 9.26. The molecule has 216 valence electrons. The van der Waals surface area contributed by atoms with E-state index < -0.39 is 0 Å². The van der Waals surface area contributed by atoms with Crippen molar-refractivity contribution in [1.82, 2.24) is 5.32 Å². The van der Waals surface area contributed by atoms with Gasteiger partial charge in [-0.2, -0.15) is 0 Å². The van der Waals surface area contributed by atoms with E-state index in [1.165, 1.54) is 0 Å². The highest BCUT2D eigenvalue weighted by Gasteiger charge is 2.25. The normalized spacial score (nSPS) is 16.8. The first-order chi connectivity index (χ1) is 20.0. The first-order valence-electron chi connectivity index (χ1n) is 14.4. The van der Waals surface area contributed by atoms with Crippen LogP contribution < -0.4 is 30.5 Å². The summed E-state index contributed by atoms with van der Waals surface area (Å²) < 4.78 is 11.3. The quantitative estimate of drug-likeness (QED) is 0.337. The molecule has 2 aliphatic heterocycles. The van der Waals surface area contributed by atoms with Crippen molar-refractivity contribution < 1.29 is 19.1 Å². The van der Waals surface area contributed by atoms with Gasteiger partial charge in [-0.15, -0.1) is 0 Å². The Morgan fingerprint density at radius 3 is 2.34 bits per heavy atom. The zero-order chi connectivity index (χ0) is 28.6. The van der Waals surface area contributed by atoms with Gasteiger partial charge in [0.15, 0.2) is 0 Å². The van der Waals surface area contributed by atoms with Crippen molar-refractivity contribution in [1.29, 1.82) is 0 Å². The van der Waals surface area contributed by atoms with Crippen LogP contribution in [-0.2, 0) is 11.2 Å². The first kappa shape index (κ1) is 28.3. The number of nitrogens with zero attached hydrogens (tertiary/aromatic N) is 2. The number of para-hydroxylation sites is 2. The second-order valence-corrected chi connectivity index (χ2v) is 10.4. The summed E-state index contributed by atoms with van der Waals surface area (Å²) >= 11 is 0. The number of urea groups is 1. The van der Waals surface area contributed by atoms with Gasteiger partial charge >= 0.3 is 6.03 Å². The summed E-state index contributed by atoms with van der Waals surface area (Å²) in [7, 11) is 1.69. The molecule has 2 aliphatic rings. The Hall–Kier alpha value is -4.24. The number of piperazine rings is 1. The van der Waals surface area contributed by atoms with Crippen LogP contribution in [0, 0.1) is 0 Å². The van der Waals surface area contributed by atoms with Crippen molar-refractivity contribution in [2.75, 3.05) is 66.9 Å². The van der Waals surface area contributed by atoms with Crippen molar-refractivity contribution in [2.24, 2.45) is 0 Å². The van der Waals surface area contributed by atoms with Gasteiger partial charge in [0.25, 0.3) is 5.91 Å². The molecule has 9 nitrogen and oxygen atoms in total. The van der Waals surface area contributed by atoms with Gasteiger partial charge in [-0.25, -0.2) is 4.79 Å². The molecule has 0 aliphatic carbocycles. The average molecular weight is 558 g/mol. The summed E-state index contributed by atoms with van der Waals surface area (Å²) in [5.74, 6) is 0.674. The molecule has 41 heavy (non-hydrogen) atoms. The molecule has 2 heterocycles. The zero-order valence-corrected chi connectivity index (χ0v) is 23.8. The summed E-state index contributed by atoms with van der Waals surface area (Å²) in [4.78, 5) is 30.8. The number of ether oxygens (including phenoxy) is 2. The highest BCUT2D eigenvalue weighted by atomic mass is 16.5. The second kappa shape index (κ2) is 13.4. The molecular formula is C32H39N5O4. The number of aryl methyl sites for hydroxylation is 1. The van der Waals surface area contributed by atoms with Gasteiger partial charge in [0.05, 0.1) is 24.5 Å². The molecule has 5 rings (SSSR count). The Morgan fingerprint density at radius 1 is 0.902 bits per heavy atom. The van der Waals surface area contributed by atoms with Crippen LogP contribution in [-0.4, -0.2) is 64.5 Å². The number of amides is 3. The summed E-state index contributed by atoms with van der Waals surface area (Å²) in [6.45, 7) is 6.33. The maximum atomic E-state index is 13.5. The van der Waals surface area contributed by atoms with Crippen LogP contribution in [0.25, 0.3) is 0 Å². The van der Waals surface area contributed by atoms with Gasteiger partial charge in [-0.3, -0.25) is 4.79 Å². The van der Waals surface area contributed by atoms with Gasteiger partial charge in [0.2, 0.25) is 0 Å². The van der Waals surface area contributed by atoms with Gasteiger partial charge in [0.1, 0.15) is 5.75 Å². The molecular weight excluding hydrogens is 518 g/mol. The van der Waals surface area contributed by atoms with Crippen LogP contribution in [0.3, 0.4) is 0 Å². The highest BCUT2D eigenvalue weighted by Crippen LogP contribution is 2.31. The van der Waals surface area contributed by atoms with Gasteiger partial charge < -0.3 is 35.2 Å². The molecule has 0 aromatic heterocycles. The number of carbonyl (C=O) groups excluding carboxylic acids is 2. The number of hydrogen-bond acceptors (Lipinski definition) is 6. The third-order valence-corrected chi connectivity index (χ3v) is 7.65. The molecule has 3 aromatic carbocycles. The highest BCUT2D eigenvalue weighted by molar-refractivity contribution is 6.04. The predicted octanol–water partition coefficient (Wildman–Crippen LogP) is 5.14. The van der Waals surface area contributed by atoms with Crippen molar-refractivity contribution in [3.63, 3.8) is 0 Å². The maximum Gasteiger partial charge on any atom is 0.323 e. The number of anilines is 4. The fourth-order valence-corrected chi connectivity index (χ4v) is 5.42. The minimum Gasteiger partial charge on any atom is -0.495 e. The first-order valence-corrected chi connectivity index (χ1v) is 14.4. The number of methoxy groups -OCH3 is 1. The number of benzene rings is 3. The van der Waals surface area contributed by atoms with Crippen LogP contribution in [0.15, 0.2) is 66.7 Å². The zero-order valence-electron chi connectivity index (χ0n) is 23.8. The van der Waals surface area contributed by atoms with Crippen molar-refractivity contribution in [3.05, 3.63) is 77.9 Å². The molecule has 0 bridgehead atoms. The molecule has 3 aromatic rings. The SMILES string of the molecule is CCc1cccc(NC(=O)Nc2ccc(N3CCN(c4ccccc4OC)CC3)c(C(=O)NCC3CCCO3)c2)c1. The van der Waals surface area contributed by atoms with Crippen molar-refractivity contribution in [3.8, 4) is 5.75 Å². The van der Waals surface area contributed by atoms with Crippen LogP contribution in [0.2, 0.25) is 0 Å². The fourth-order valence-electron chi connectivity index (χ4n) is 5.42. The molecule has 0 radical (unpaired) electrons. The lowest BCUT2D eigenvalue weighted by atomic mass is 10.1. The van der Waals surface area contributed by atoms with Crippen LogP contribution in [0.5, 0.6) is 5.75 Å². The minimum absolute atomic E-state index is 0.0396. The van der Waals surface area contributed by atoms with E-state index in [4.69, 9.17) is 9.47 Å². The minimum atomic E-state index is -0.359. The van der Waals surface area contributed by atoms with E-state index in [1.54, 1.807) is 13.2 Å². The number of rotatable bonds is 9. The number of nitrogens with one attached hydrogen (secondary N) is 3. The van der Waals surface area contributed by atoms with E-state index in [2.05, 4.69) is 38.7 Å². The third kappa shape index (κ3) is 7.10. The van der Waals surface area contributed by atoms with E-state index in [9.17, 15) is 9.59 Å². The molecule has 2 saturated heterocycles. The predicted molar refractivity (Wildman–Crippen MR) is 164 cm³/mol. The lowest BCUT2D eigenvalue weighted by Gasteiger charge is -2.38. The largest absolute Gasteiger partial charge is 0.495 e. The Labute approximate surface area is 241 Å².